The van der Waals surface area contributed by atoms with Crippen LogP contribution in [-0.4, -0.2) is 41.6 Å². The number of halogens is 3. The van der Waals surface area contributed by atoms with Gasteiger partial charge in [-0.3, -0.25) is 9.36 Å². The fourth-order valence-electron chi connectivity index (χ4n) is 2.79. The monoisotopic (exact) mass is 415 g/mol. The molecule has 0 unspecified atom stereocenters. The first kappa shape index (κ1) is 19.9. The second-order valence-corrected chi connectivity index (χ2v) is 8.56. The number of hydrogen-bond donors (Lipinski definition) is 0. The van der Waals surface area contributed by atoms with Crippen LogP contribution in [0.25, 0.3) is 16.9 Å². The van der Waals surface area contributed by atoms with Crippen molar-refractivity contribution in [2.45, 2.75) is 11.9 Å². The SMILES string of the molecule is Cn1cc2c(=O)ncn-2c(-c2cc(CS(C)(=O)=O)ccc2OCC(F)(F)F)c1. The number of imidazole rings is 1. The highest BCUT2D eigenvalue weighted by molar-refractivity contribution is 7.89. The Morgan fingerprint density at radius 2 is 1.93 bits per heavy atom. The number of rotatable bonds is 5. The third kappa shape index (κ3) is 4.53. The Hall–Kier alpha value is -2.82. The van der Waals surface area contributed by atoms with E-state index in [0.29, 0.717) is 11.3 Å². The maximum Gasteiger partial charge on any atom is 0.422 e. The van der Waals surface area contributed by atoms with Gasteiger partial charge in [-0.2, -0.15) is 18.2 Å². The van der Waals surface area contributed by atoms with Crippen molar-refractivity contribution in [3.05, 3.63) is 52.8 Å². The Kier molecular flexibility index (Phi) is 4.96. The lowest BCUT2D eigenvalue weighted by molar-refractivity contribution is -0.153. The van der Waals surface area contributed by atoms with E-state index in [-0.39, 0.29) is 22.8 Å². The molecule has 2 heterocycles. The lowest BCUT2D eigenvalue weighted by Crippen LogP contribution is -2.20. The molecule has 0 atom stereocenters. The van der Waals surface area contributed by atoms with Crippen LogP contribution in [0.5, 0.6) is 5.75 Å². The van der Waals surface area contributed by atoms with E-state index in [1.54, 1.807) is 17.8 Å². The number of sulfone groups is 1. The zero-order valence-electron chi connectivity index (χ0n) is 14.9. The molecule has 0 fully saturated rings. The third-order valence-electron chi connectivity index (χ3n) is 3.82. The van der Waals surface area contributed by atoms with Gasteiger partial charge >= 0.3 is 6.18 Å². The van der Waals surface area contributed by atoms with Crippen LogP contribution in [-0.2, 0) is 22.6 Å². The Balaban J connectivity index is 2.18. The van der Waals surface area contributed by atoms with Crippen molar-refractivity contribution < 1.29 is 26.3 Å². The molecule has 0 saturated heterocycles. The third-order valence-corrected chi connectivity index (χ3v) is 4.68. The largest absolute Gasteiger partial charge is 0.483 e. The van der Waals surface area contributed by atoms with E-state index in [4.69, 9.17) is 4.74 Å². The summed E-state index contributed by atoms with van der Waals surface area (Å²) in [5.74, 6) is -0.388. The number of hydrogen-bond acceptors (Lipinski definition) is 5. The van der Waals surface area contributed by atoms with Gasteiger partial charge < -0.3 is 9.30 Å². The zero-order valence-corrected chi connectivity index (χ0v) is 15.7. The van der Waals surface area contributed by atoms with E-state index in [9.17, 15) is 26.4 Å². The quantitative estimate of drug-likeness (QED) is 0.638. The van der Waals surface area contributed by atoms with Gasteiger partial charge in [0.15, 0.2) is 16.4 Å². The molecule has 2 aliphatic heterocycles. The van der Waals surface area contributed by atoms with Gasteiger partial charge in [0, 0.05) is 31.3 Å². The van der Waals surface area contributed by atoms with Gasteiger partial charge in [0.05, 0.1) is 11.4 Å². The summed E-state index contributed by atoms with van der Waals surface area (Å²) in [5.41, 5.74) is 0.642. The molecule has 3 rings (SSSR count). The molecule has 0 N–H and O–H groups in total. The van der Waals surface area contributed by atoms with Gasteiger partial charge in [-0.25, -0.2) is 8.42 Å². The second kappa shape index (κ2) is 6.97. The summed E-state index contributed by atoms with van der Waals surface area (Å²) < 4.78 is 69.1. The average Bonchev–Trinajstić information content (AvgIpc) is 2.92. The minimum Gasteiger partial charge on any atom is -0.483 e. The molecular formula is C17H16F3N3O4S. The molecule has 0 bridgehead atoms. The summed E-state index contributed by atoms with van der Waals surface area (Å²) in [6, 6.07) is 4.12. The molecule has 2 aliphatic rings. The van der Waals surface area contributed by atoms with Crippen molar-refractivity contribution in [1.82, 2.24) is 14.1 Å². The highest BCUT2D eigenvalue weighted by atomic mass is 32.2. The molecule has 0 spiro atoms. The summed E-state index contributed by atoms with van der Waals surface area (Å²) in [5, 5.41) is 0. The Labute approximate surface area is 158 Å². The molecule has 1 aromatic carbocycles. The minimum atomic E-state index is -4.55. The van der Waals surface area contributed by atoms with E-state index in [1.165, 1.54) is 35.3 Å². The fourth-order valence-corrected chi connectivity index (χ4v) is 3.58. The lowest BCUT2D eigenvalue weighted by atomic mass is 10.1. The Morgan fingerprint density at radius 1 is 1.21 bits per heavy atom. The summed E-state index contributed by atoms with van der Waals surface area (Å²) >= 11 is 0. The number of fused-ring (bicyclic) bond motifs is 1. The van der Waals surface area contributed by atoms with Crippen molar-refractivity contribution in [2.24, 2.45) is 7.05 Å². The molecule has 28 heavy (non-hydrogen) atoms. The zero-order chi connectivity index (χ0) is 20.7. The van der Waals surface area contributed by atoms with Gasteiger partial charge in [0.1, 0.15) is 17.8 Å². The molecule has 0 saturated carbocycles. The highest BCUT2D eigenvalue weighted by Gasteiger charge is 2.29. The van der Waals surface area contributed by atoms with E-state index < -0.39 is 28.2 Å². The fraction of sp³-hybridized carbons (Fsp3) is 0.294. The van der Waals surface area contributed by atoms with Crippen molar-refractivity contribution in [3.8, 4) is 22.7 Å². The number of ether oxygens (including phenoxy) is 1. The van der Waals surface area contributed by atoms with Crippen LogP contribution in [0.2, 0.25) is 0 Å². The summed E-state index contributed by atoms with van der Waals surface area (Å²) in [6.07, 6.45) is 0.866. The van der Waals surface area contributed by atoms with E-state index >= 15 is 0 Å². The van der Waals surface area contributed by atoms with Crippen molar-refractivity contribution in [2.75, 3.05) is 12.9 Å². The van der Waals surface area contributed by atoms with Crippen LogP contribution in [0.4, 0.5) is 13.2 Å². The first-order valence-electron chi connectivity index (χ1n) is 7.97. The number of alkyl halides is 3. The normalized spacial score (nSPS) is 12.5. The van der Waals surface area contributed by atoms with Gasteiger partial charge in [-0.15, -0.1) is 0 Å². The first-order chi connectivity index (χ1) is 12.9. The summed E-state index contributed by atoms with van der Waals surface area (Å²) in [7, 11) is -1.72. The van der Waals surface area contributed by atoms with E-state index in [0.717, 1.165) is 6.26 Å². The highest BCUT2D eigenvalue weighted by Crippen LogP contribution is 2.34. The maximum absolute atomic E-state index is 12.6. The predicted molar refractivity (Wildman–Crippen MR) is 95.5 cm³/mol. The molecule has 0 aliphatic carbocycles. The molecule has 0 amide bonds. The van der Waals surface area contributed by atoms with Gasteiger partial charge in [-0.05, 0) is 17.7 Å². The molecule has 0 radical (unpaired) electrons. The lowest BCUT2D eigenvalue weighted by Gasteiger charge is -2.18. The van der Waals surface area contributed by atoms with Crippen LogP contribution in [0.1, 0.15) is 5.56 Å². The summed E-state index contributed by atoms with van der Waals surface area (Å²) in [6.45, 7) is -1.51. The minimum absolute atomic E-state index is 0.0942. The van der Waals surface area contributed by atoms with Crippen LogP contribution in [0.3, 0.4) is 0 Å². The van der Waals surface area contributed by atoms with E-state index in [1.807, 2.05) is 0 Å². The average molecular weight is 415 g/mol. The predicted octanol–water partition coefficient (Wildman–Crippen LogP) is 2.16. The Bertz CT molecular complexity index is 1150. The smallest absolute Gasteiger partial charge is 0.422 e. The maximum atomic E-state index is 12.6. The number of benzene rings is 1. The van der Waals surface area contributed by atoms with Gasteiger partial charge in [0.25, 0.3) is 5.56 Å². The number of nitrogens with zero attached hydrogens (tertiary/aromatic N) is 3. The molecule has 1 aromatic rings. The molecule has 11 heteroatoms. The number of aryl methyl sites for hydroxylation is 1. The van der Waals surface area contributed by atoms with Crippen LogP contribution in [0.15, 0.2) is 41.7 Å². The number of aromatic nitrogens is 3. The van der Waals surface area contributed by atoms with Crippen LogP contribution in [0, 0.1) is 0 Å². The van der Waals surface area contributed by atoms with Gasteiger partial charge in [0.2, 0.25) is 0 Å². The molecule has 7 nitrogen and oxygen atoms in total. The topological polar surface area (TPSA) is 83.2 Å². The van der Waals surface area contributed by atoms with Crippen LogP contribution >= 0.6 is 0 Å². The van der Waals surface area contributed by atoms with Gasteiger partial charge in [-0.1, -0.05) is 6.07 Å². The molecule has 0 aromatic heterocycles. The van der Waals surface area contributed by atoms with Crippen molar-refractivity contribution in [1.29, 1.82) is 0 Å². The Morgan fingerprint density at radius 3 is 2.57 bits per heavy atom. The molecule has 150 valence electrons. The second-order valence-electron chi connectivity index (χ2n) is 6.42. The van der Waals surface area contributed by atoms with Crippen LogP contribution < -0.4 is 10.3 Å². The van der Waals surface area contributed by atoms with Crippen molar-refractivity contribution in [3.63, 3.8) is 0 Å². The molecular weight excluding hydrogens is 399 g/mol. The summed E-state index contributed by atoms with van der Waals surface area (Å²) in [4.78, 5) is 15.6. The standard InChI is InChI=1S/C17H16F3N3O4S/c1-22-6-13(23-10-21-16(24)14(23)7-22)12-5-11(8-28(2,25)26)3-4-15(12)27-9-17(18,19)20/h3-7,10H,8-9H2,1-2H3. The van der Waals surface area contributed by atoms with E-state index in [2.05, 4.69) is 4.98 Å². The van der Waals surface area contributed by atoms with Crippen molar-refractivity contribution >= 4 is 9.84 Å². The first-order valence-corrected chi connectivity index (χ1v) is 10.0.